The van der Waals surface area contributed by atoms with Crippen LogP contribution in [-0.2, 0) is 4.74 Å². The van der Waals surface area contributed by atoms with E-state index < -0.39 is 15.9 Å². The van der Waals surface area contributed by atoms with Crippen LogP contribution in [0.15, 0.2) is 24.3 Å². The maximum Gasteiger partial charge on any atom is 0.253 e. The lowest BCUT2D eigenvalue weighted by molar-refractivity contribution is -0.0325. The van der Waals surface area contributed by atoms with E-state index in [0.717, 1.165) is 32.4 Å². The van der Waals surface area contributed by atoms with Crippen molar-refractivity contribution >= 4 is 46.4 Å². The Labute approximate surface area is 185 Å². The lowest BCUT2D eigenvalue weighted by Gasteiger charge is -2.44. The largest absolute Gasteiger partial charge is 0.733 e. The van der Waals surface area contributed by atoms with Crippen LogP contribution < -0.4 is 10.5 Å². The number of hydrogen-bond donors (Lipinski definition) is 2. The second-order valence-corrected chi connectivity index (χ2v) is 9.92. The van der Waals surface area contributed by atoms with Crippen LogP contribution in [0.4, 0.5) is 5.69 Å². The molecule has 0 bridgehead atoms. The van der Waals surface area contributed by atoms with Crippen molar-refractivity contribution < 1.29 is 14.7 Å². The van der Waals surface area contributed by atoms with Crippen LogP contribution in [0, 0.1) is 11.1 Å². The Balaban J connectivity index is 1.61. The number of rotatable bonds is 6. The number of nitrogens with one attached hydrogen (secondary N) is 1. The fraction of sp³-hybridized carbons (Fsp3) is 0.632. The number of alkyl halides is 3. The first kappa shape index (κ1) is 22.9. The molecule has 3 rings (SSSR count). The van der Waals surface area contributed by atoms with E-state index in [1.807, 2.05) is 0 Å². The van der Waals surface area contributed by atoms with E-state index in [2.05, 4.69) is 10.2 Å². The molecular weight excluding hydrogens is 441 g/mol. The van der Waals surface area contributed by atoms with Gasteiger partial charge < -0.3 is 25.4 Å². The molecule has 0 spiro atoms. The van der Waals surface area contributed by atoms with E-state index in [-0.39, 0.29) is 16.5 Å². The summed E-state index contributed by atoms with van der Waals surface area (Å²) < 4.78 is 4.06. The van der Waals surface area contributed by atoms with Gasteiger partial charge >= 0.3 is 0 Å². The zero-order valence-corrected chi connectivity index (χ0v) is 18.2. The standard InChI is InChI=1S/C19H25Cl3N3O4/c20-19(21,22)18(23-17(26)13-6-8-15(9-7-13)25(27)28)29-12-14-4-3-11-24-10-2-1-5-16(14)24/h6-9,14,16,18,27H,1-5,10-12H2,(H,23,26)/q-1/t14-,16+,18?/m0/s1. The average molecular weight is 466 g/mol. The van der Waals surface area contributed by atoms with Crippen LogP contribution in [-0.4, -0.2) is 51.8 Å². The van der Waals surface area contributed by atoms with E-state index >= 15 is 0 Å². The molecule has 1 aromatic rings. The van der Waals surface area contributed by atoms with Crippen molar-refractivity contribution in [3.8, 4) is 0 Å². The highest BCUT2D eigenvalue weighted by molar-refractivity contribution is 6.68. The molecule has 1 amide bonds. The number of nitrogens with zero attached hydrogens (tertiary/aromatic N) is 2. The van der Waals surface area contributed by atoms with E-state index in [4.69, 9.17) is 44.7 Å². The predicted molar refractivity (Wildman–Crippen MR) is 114 cm³/mol. The maximum absolute atomic E-state index is 12.5. The minimum Gasteiger partial charge on any atom is -0.733 e. The number of anilines is 1. The van der Waals surface area contributed by atoms with Crippen LogP contribution in [0.2, 0.25) is 0 Å². The number of ether oxygens (including phenoxy) is 1. The topological polar surface area (TPSA) is 88.1 Å². The van der Waals surface area contributed by atoms with Crippen molar-refractivity contribution in [1.29, 1.82) is 0 Å². The van der Waals surface area contributed by atoms with Gasteiger partial charge in [-0.15, -0.1) is 0 Å². The Morgan fingerprint density at radius 3 is 2.59 bits per heavy atom. The number of carbonyl (C=O) groups excluding carboxylic acids is 1. The van der Waals surface area contributed by atoms with Gasteiger partial charge in [-0.3, -0.25) is 10.0 Å². The zero-order chi connectivity index (χ0) is 21.0. The molecule has 1 unspecified atom stereocenters. The first-order chi connectivity index (χ1) is 13.8. The summed E-state index contributed by atoms with van der Waals surface area (Å²) in [4.78, 5) is 15.1. The number of halogens is 3. The quantitative estimate of drug-likeness (QED) is 0.374. The second-order valence-electron chi connectivity index (χ2n) is 7.55. The molecule has 0 saturated carbocycles. The summed E-state index contributed by atoms with van der Waals surface area (Å²) in [6.07, 6.45) is 4.64. The van der Waals surface area contributed by atoms with E-state index in [1.165, 1.54) is 37.1 Å². The van der Waals surface area contributed by atoms with Crippen molar-refractivity contribution in [3.05, 3.63) is 35.0 Å². The van der Waals surface area contributed by atoms with Crippen LogP contribution in [0.5, 0.6) is 0 Å². The van der Waals surface area contributed by atoms with Gasteiger partial charge in [-0.05, 0) is 69.0 Å². The van der Waals surface area contributed by atoms with E-state index in [9.17, 15) is 10.0 Å². The Morgan fingerprint density at radius 2 is 1.93 bits per heavy atom. The fourth-order valence-electron chi connectivity index (χ4n) is 4.15. The zero-order valence-electron chi connectivity index (χ0n) is 15.9. The van der Waals surface area contributed by atoms with Crippen molar-refractivity contribution in [2.45, 2.75) is 48.2 Å². The molecule has 162 valence electrons. The monoisotopic (exact) mass is 464 g/mol. The second kappa shape index (κ2) is 10.0. The summed E-state index contributed by atoms with van der Waals surface area (Å²) in [5, 5.41) is 22.1. The number of hydrogen-bond acceptors (Lipinski definition) is 6. The molecule has 2 fully saturated rings. The number of benzene rings is 1. The Kier molecular flexibility index (Phi) is 7.89. The molecule has 10 heteroatoms. The molecular formula is C19H25Cl3N3O4-. The fourth-order valence-corrected chi connectivity index (χ4v) is 4.50. The van der Waals surface area contributed by atoms with Crippen molar-refractivity contribution in [2.75, 3.05) is 24.9 Å². The maximum atomic E-state index is 12.5. The first-order valence-corrected chi connectivity index (χ1v) is 10.9. The van der Waals surface area contributed by atoms with E-state index in [1.54, 1.807) is 0 Å². The summed E-state index contributed by atoms with van der Waals surface area (Å²) in [5.41, 5.74) is 0.250. The van der Waals surface area contributed by atoms with Crippen molar-refractivity contribution in [1.82, 2.24) is 10.2 Å². The molecule has 0 aromatic heterocycles. The van der Waals surface area contributed by atoms with Gasteiger partial charge in [0.15, 0.2) is 6.23 Å². The van der Waals surface area contributed by atoms with Gasteiger partial charge in [-0.2, -0.15) is 0 Å². The van der Waals surface area contributed by atoms with Gasteiger partial charge in [0.1, 0.15) is 0 Å². The highest BCUT2D eigenvalue weighted by Crippen LogP contribution is 2.34. The molecule has 29 heavy (non-hydrogen) atoms. The molecule has 2 heterocycles. The van der Waals surface area contributed by atoms with E-state index in [0.29, 0.717) is 18.6 Å². The predicted octanol–water partition coefficient (Wildman–Crippen LogP) is 4.09. The normalized spacial score (nSPS) is 23.9. The minimum absolute atomic E-state index is 0.00469. The van der Waals surface area contributed by atoms with Gasteiger partial charge in [0.2, 0.25) is 3.79 Å². The van der Waals surface area contributed by atoms with Crippen LogP contribution >= 0.6 is 34.8 Å². The van der Waals surface area contributed by atoms with Gasteiger partial charge in [-0.25, -0.2) is 0 Å². The van der Waals surface area contributed by atoms with Crippen molar-refractivity contribution in [2.24, 2.45) is 5.92 Å². The van der Waals surface area contributed by atoms with Gasteiger partial charge in [0.25, 0.3) is 5.91 Å². The Morgan fingerprint density at radius 1 is 1.24 bits per heavy atom. The SMILES string of the molecule is O=C(NC(OC[C@@H]1CCCN2CCCC[C@H]12)C(Cl)(Cl)Cl)c1ccc(N([O-])O)cc1. The molecule has 2 aliphatic rings. The third-order valence-corrected chi connectivity index (χ3v) is 6.21. The molecule has 2 saturated heterocycles. The third kappa shape index (κ3) is 6.10. The van der Waals surface area contributed by atoms with Crippen LogP contribution in [0.3, 0.4) is 0 Å². The summed E-state index contributed by atoms with van der Waals surface area (Å²) in [6, 6.07) is 5.88. The van der Waals surface area contributed by atoms with Gasteiger partial charge in [0.05, 0.1) is 12.3 Å². The molecule has 7 nitrogen and oxygen atoms in total. The summed E-state index contributed by atoms with van der Waals surface area (Å²) in [5.74, 6) is -0.172. The molecule has 2 aliphatic heterocycles. The minimum atomic E-state index is -1.84. The first-order valence-electron chi connectivity index (χ1n) is 9.75. The number of carbonyl (C=O) groups is 1. The molecule has 3 atom stereocenters. The summed E-state index contributed by atoms with van der Waals surface area (Å²) in [6.45, 7) is 2.64. The highest BCUT2D eigenvalue weighted by Gasteiger charge is 2.38. The average Bonchev–Trinajstić information content (AvgIpc) is 2.70. The highest BCUT2D eigenvalue weighted by atomic mass is 35.6. The van der Waals surface area contributed by atoms with Crippen LogP contribution in [0.1, 0.15) is 42.5 Å². The number of piperidine rings is 2. The van der Waals surface area contributed by atoms with Crippen LogP contribution in [0.25, 0.3) is 0 Å². The van der Waals surface area contributed by atoms with Gasteiger partial charge in [0, 0.05) is 11.6 Å². The van der Waals surface area contributed by atoms with Gasteiger partial charge in [-0.1, -0.05) is 41.2 Å². The summed E-state index contributed by atoms with van der Waals surface area (Å²) in [7, 11) is 0. The Bertz CT molecular complexity index is 682. The smallest absolute Gasteiger partial charge is 0.253 e. The number of amides is 1. The number of fused-ring (bicyclic) bond motifs is 1. The summed E-state index contributed by atoms with van der Waals surface area (Å²) >= 11 is 18.2. The third-order valence-electron chi connectivity index (χ3n) is 5.62. The lowest BCUT2D eigenvalue weighted by atomic mass is 9.84. The van der Waals surface area contributed by atoms with Crippen molar-refractivity contribution in [3.63, 3.8) is 0 Å². The molecule has 2 N–H and O–H groups in total. The Hall–Kier alpha value is -0.800. The lowest BCUT2D eigenvalue weighted by Crippen LogP contribution is -2.51. The molecule has 0 aliphatic carbocycles. The molecule has 0 radical (unpaired) electrons. The molecule has 1 aromatic carbocycles.